The van der Waals surface area contributed by atoms with Crippen molar-refractivity contribution in [3.8, 4) is 0 Å². The normalized spacial score (nSPS) is 12.5. The number of rotatable bonds is 6. The van der Waals surface area contributed by atoms with Crippen molar-refractivity contribution in [2.75, 3.05) is 13.1 Å². The van der Waals surface area contributed by atoms with Crippen molar-refractivity contribution in [1.82, 2.24) is 5.32 Å². The number of aliphatic hydroxyl groups excluding tert-OH is 1. The zero-order valence-corrected chi connectivity index (χ0v) is 10.5. The van der Waals surface area contributed by atoms with E-state index in [9.17, 15) is 5.11 Å². The average molecular weight is 247 g/mol. The first kappa shape index (κ1) is 12.3. The van der Waals surface area contributed by atoms with E-state index in [-0.39, 0.29) is 6.10 Å². The van der Waals surface area contributed by atoms with Crippen LogP contribution in [0.1, 0.15) is 16.5 Å². The number of benzene rings is 1. The molecule has 3 heteroatoms. The minimum atomic E-state index is -0.384. The number of thiophene rings is 1. The van der Waals surface area contributed by atoms with Gasteiger partial charge < -0.3 is 10.4 Å². The molecule has 0 bridgehead atoms. The molecule has 0 aliphatic carbocycles. The summed E-state index contributed by atoms with van der Waals surface area (Å²) in [6, 6.07) is 14.3. The van der Waals surface area contributed by atoms with Crippen LogP contribution in [0.3, 0.4) is 0 Å². The highest BCUT2D eigenvalue weighted by Crippen LogP contribution is 2.17. The van der Waals surface area contributed by atoms with Gasteiger partial charge in [-0.25, -0.2) is 0 Å². The Balaban J connectivity index is 1.67. The van der Waals surface area contributed by atoms with Crippen LogP contribution in [0.2, 0.25) is 0 Å². The number of aliphatic hydroxyl groups is 1. The Bertz CT molecular complexity index is 413. The van der Waals surface area contributed by atoms with Crippen molar-refractivity contribution in [3.63, 3.8) is 0 Å². The molecule has 90 valence electrons. The molecule has 1 atom stereocenters. The van der Waals surface area contributed by atoms with Gasteiger partial charge in [-0.1, -0.05) is 36.4 Å². The molecule has 0 saturated carbocycles. The Morgan fingerprint density at radius 2 is 1.94 bits per heavy atom. The summed E-state index contributed by atoms with van der Waals surface area (Å²) in [7, 11) is 0. The summed E-state index contributed by atoms with van der Waals surface area (Å²) in [5, 5.41) is 15.1. The summed E-state index contributed by atoms with van der Waals surface area (Å²) in [4.78, 5) is 1.03. The van der Waals surface area contributed by atoms with Crippen LogP contribution in [0.4, 0.5) is 0 Å². The van der Waals surface area contributed by atoms with Gasteiger partial charge in [-0.15, -0.1) is 11.3 Å². The molecule has 0 amide bonds. The Labute approximate surface area is 106 Å². The van der Waals surface area contributed by atoms with Gasteiger partial charge in [0, 0.05) is 11.4 Å². The molecule has 17 heavy (non-hydrogen) atoms. The number of hydrogen-bond donors (Lipinski definition) is 2. The van der Waals surface area contributed by atoms with Gasteiger partial charge >= 0.3 is 0 Å². The smallest absolute Gasteiger partial charge is 0.101 e. The van der Waals surface area contributed by atoms with E-state index >= 15 is 0 Å². The highest BCUT2D eigenvalue weighted by Gasteiger charge is 2.06. The van der Waals surface area contributed by atoms with Crippen molar-refractivity contribution in [3.05, 3.63) is 58.3 Å². The quantitative estimate of drug-likeness (QED) is 0.769. The van der Waals surface area contributed by atoms with Crippen molar-refractivity contribution in [1.29, 1.82) is 0 Å². The second-order valence-corrected chi connectivity index (χ2v) is 4.95. The lowest BCUT2D eigenvalue weighted by Gasteiger charge is -2.10. The van der Waals surface area contributed by atoms with Gasteiger partial charge in [0.15, 0.2) is 0 Å². The maximum Gasteiger partial charge on any atom is 0.101 e. The molecule has 2 nitrogen and oxygen atoms in total. The van der Waals surface area contributed by atoms with Gasteiger partial charge in [-0.05, 0) is 30.0 Å². The van der Waals surface area contributed by atoms with E-state index in [1.807, 2.05) is 23.6 Å². The van der Waals surface area contributed by atoms with Crippen molar-refractivity contribution >= 4 is 11.3 Å². The Kier molecular flexibility index (Phi) is 4.74. The number of hydrogen-bond acceptors (Lipinski definition) is 3. The molecule has 0 fully saturated rings. The second kappa shape index (κ2) is 6.55. The van der Waals surface area contributed by atoms with E-state index in [2.05, 4.69) is 29.6 Å². The van der Waals surface area contributed by atoms with E-state index < -0.39 is 0 Å². The molecule has 0 spiro atoms. The molecule has 0 aliphatic heterocycles. The predicted octanol–water partition coefficient (Wildman–Crippen LogP) is 2.61. The average Bonchev–Trinajstić information content (AvgIpc) is 2.89. The maximum absolute atomic E-state index is 9.85. The first-order chi connectivity index (χ1) is 8.36. The molecule has 1 aromatic carbocycles. The third-order valence-corrected chi connectivity index (χ3v) is 3.62. The Hall–Kier alpha value is -1.16. The van der Waals surface area contributed by atoms with E-state index in [4.69, 9.17) is 0 Å². The third kappa shape index (κ3) is 3.97. The Morgan fingerprint density at radius 3 is 2.65 bits per heavy atom. The standard InChI is InChI=1S/C14H17NOS/c16-13(14-7-4-10-17-14)11-15-9-8-12-5-2-1-3-6-12/h1-7,10,13,15-16H,8-9,11H2. The summed E-state index contributed by atoms with van der Waals surface area (Å²) in [5.74, 6) is 0. The van der Waals surface area contributed by atoms with Gasteiger partial charge in [0.2, 0.25) is 0 Å². The van der Waals surface area contributed by atoms with Crippen molar-refractivity contribution < 1.29 is 5.11 Å². The van der Waals surface area contributed by atoms with Crippen LogP contribution in [0.15, 0.2) is 47.8 Å². The summed E-state index contributed by atoms with van der Waals surface area (Å²) in [6.07, 6.45) is 0.614. The van der Waals surface area contributed by atoms with Crippen LogP contribution in [0.25, 0.3) is 0 Å². The molecular weight excluding hydrogens is 230 g/mol. The fourth-order valence-electron chi connectivity index (χ4n) is 1.70. The first-order valence-electron chi connectivity index (χ1n) is 5.82. The van der Waals surface area contributed by atoms with Gasteiger partial charge in [-0.3, -0.25) is 0 Å². The highest BCUT2D eigenvalue weighted by atomic mass is 32.1. The largest absolute Gasteiger partial charge is 0.386 e. The molecule has 0 aliphatic rings. The summed E-state index contributed by atoms with van der Waals surface area (Å²) < 4.78 is 0. The second-order valence-electron chi connectivity index (χ2n) is 3.97. The van der Waals surface area contributed by atoms with Gasteiger partial charge in [0.1, 0.15) is 6.10 Å². The van der Waals surface area contributed by atoms with E-state index in [1.165, 1.54) is 5.56 Å². The summed E-state index contributed by atoms with van der Waals surface area (Å²) >= 11 is 1.60. The first-order valence-corrected chi connectivity index (χ1v) is 6.70. The molecule has 1 heterocycles. The number of nitrogens with one attached hydrogen (secondary N) is 1. The monoisotopic (exact) mass is 247 g/mol. The van der Waals surface area contributed by atoms with Crippen LogP contribution in [-0.4, -0.2) is 18.2 Å². The molecule has 0 radical (unpaired) electrons. The maximum atomic E-state index is 9.85. The Morgan fingerprint density at radius 1 is 1.12 bits per heavy atom. The highest BCUT2D eigenvalue weighted by molar-refractivity contribution is 7.10. The molecule has 2 aromatic rings. The minimum Gasteiger partial charge on any atom is -0.386 e. The SMILES string of the molecule is OC(CNCCc1ccccc1)c1cccs1. The zero-order valence-electron chi connectivity index (χ0n) is 9.67. The van der Waals surface area contributed by atoms with Gasteiger partial charge in [0.05, 0.1) is 0 Å². The van der Waals surface area contributed by atoms with E-state index in [0.717, 1.165) is 17.8 Å². The molecule has 2 N–H and O–H groups in total. The van der Waals surface area contributed by atoms with E-state index in [0.29, 0.717) is 6.54 Å². The topological polar surface area (TPSA) is 32.3 Å². The van der Waals surface area contributed by atoms with Crippen molar-refractivity contribution in [2.45, 2.75) is 12.5 Å². The van der Waals surface area contributed by atoms with Crippen LogP contribution in [0, 0.1) is 0 Å². The van der Waals surface area contributed by atoms with Gasteiger partial charge in [-0.2, -0.15) is 0 Å². The zero-order chi connectivity index (χ0) is 11.9. The van der Waals surface area contributed by atoms with Crippen LogP contribution >= 0.6 is 11.3 Å². The lowest BCUT2D eigenvalue weighted by molar-refractivity contribution is 0.179. The summed E-state index contributed by atoms with van der Waals surface area (Å²) in [6.45, 7) is 1.51. The van der Waals surface area contributed by atoms with Crippen molar-refractivity contribution in [2.24, 2.45) is 0 Å². The lowest BCUT2D eigenvalue weighted by atomic mass is 10.1. The fourth-order valence-corrected chi connectivity index (χ4v) is 2.41. The van der Waals surface area contributed by atoms with E-state index in [1.54, 1.807) is 11.3 Å². The molecule has 1 aromatic heterocycles. The minimum absolute atomic E-state index is 0.384. The molecule has 1 unspecified atom stereocenters. The predicted molar refractivity (Wildman–Crippen MR) is 72.3 cm³/mol. The summed E-state index contributed by atoms with van der Waals surface area (Å²) in [5.41, 5.74) is 1.32. The molecular formula is C14H17NOS. The molecule has 2 rings (SSSR count). The van der Waals surface area contributed by atoms with Crippen LogP contribution in [0.5, 0.6) is 0 Å². The third-order valence-electron chi connectivity index (χ3n) is 2.64. The van der Waals surface area contributed by atoms with Crippen LogP contribution < -0.4 is 5.32 Å². The molecule has 0 saturated heterocycles. The fraction of sp³-hybridized carbons (Fsp3) is 0.286. The lowest BCUT2D eigenvalue weighted by Crippen LogP contribution is -2.23. The van der Waals surface area contributed by atoms with Gasteiger partial charge in [0.25, 0.3) is 0 Å². The van der Waals surface area contributed by atoms with Crippen LogP contribution in [-0.2, 0) is 6.42 Å².